The van der Waals surface area contributed by atoms with Crippen LogP contribution in [0, 0.1) is 10.1 Å². The van der Waals surface area contributed by atoms with Gasteiger partial charge in [-0.05, 0) is 50.2 Å². The van der Waals surface area contributed by atoms with Gasteiger partial charge in [-0.15, -0.1) is 5.11 Å². The molecule has 0 aliphatic carbocycles. The molecule has 0 aliphatic heterocycles. The molecule has 0 N–H and O–H groups in total. The number of nitrogens with zero attached hydrogens (tertiary/aromatic N) is 4. The van der Waals surface area contributed by atoms with Crippen LogP contribution < -0.4 is 4.90 Å². The van der Waals surface area contributed by atoms with Crippen molar-refractivity contribution in [1.29, 1.82) is 0 Å². The molecule has 10 heteroatoms. The highest BCUT2D eigenvalue weighted by Gasteiger charge is 2.32. The molecular weight excluding hydrogens is 392 g/mol. The Morgan fingerprint density at radius 3 is 2.07 bits per heavy atom. The second-order valence-electron chi connectivity index (χ2n) is 5.98. The van der Waals surface area contributed by atoms with Crippen LogP contribution in [0.15, 0.2) is 46.6 Å². The van der Waals surface area contributed by atoms with E-state index in [2.05, 4.69) is 24.6 Å². The molecule has 0 bridgehead atoms. The minimum Gasteiger partial charge on any atom is -0.465 e. The third-order valence-electron chi connectivity index (χ3n) is 4.39. The SMILES string of the molecule is CCN(CC)c1ccc(N=Nc2ccc(C(=O)OC)c(C(=O)OC)c2[N+](=O)[O-])cc1. The minimum atomic E-state index is -1.05. The third kappa shape index (κ3) is 4.77. The Morgan fingerprint density at radius 2 is 1.57 bits per heavy atom. The number of ether oxygens (including phenoxy) is 2. The van der Waals surface area contributed by atoms with Crippen molar-refractivity contribution >= 4 is 34.7 Å². The van der Waals surface area contributed by atoms with Crippen molar-refractivity contribution in [3.63, 3.8) is 0 Å². The van der Waals surface area contributed by atoms with E-state index in [4.69, 9.17) is 0 Å². The molecule has 0 amide bonds. The molecular formula is C20H22N4O6. The van der Waals surface area contributed by atoms with Crippen LogP contribution in [0.4, 0.5) is 22.7 Å². The molecule has 0 aliphatic rings. The fraction of sp³-hybridized carbons (Fsp3) is 0.300. The highest BCUT2D eigenvalue weighted by molar-refractivity contribution is 6.07. The third-order valence-corrected chi connectivity index (χ3v) is 4.39. The Hall–Kier alpha value is -3.82. The lowest BCUT2D eigenvalue weighted by atomic mass is 10.0. The van der Waals surface area contributed by atoms with Crippen LogP contribution in [0.5, 0.6) is 0 Å². The molecule has 2 aromatic carbocycles. The van der Waals surface area contributed by atoms with E-state index in [1.54, 1.807) is 12.1 Å². The quantitative estimate of drug-likeness (QED) is 0.271. The second-order valence-corrected chi connectivity index (χ2v) is 5.98. The lowest BCUT2D eigenvalue weighted by Crippen LogP contribution is -2.21. The molecule has 0 spiro atoms. The van der Waals surface area contributed by atoms with Crippen LogP contribution in [-0.4, -0.2) is 44.2 Å². The molecule has 2 aromatic rings. The number of carbonyl (C=O) groups is 2. The maximum atomic E-state index is 12.2. The lowest BCUT2D eigenvalue weighted by Gasteiger charge is -2.20. The van der Waals surface area contributed by atoms with E-state index in [0.29, 0.717) is 5.69 Å². The van der Waals surface area contributed by atoms with Crippen LogP contribution in [0.1, 0.15) is 34.6 Å². The predicted octanol–water partition coefficient (Wildman–Crippen LogP) is 4.43. The Morgan fingerprint density at radius 1 is 0.967 bits per heavy atom. The first-order chi connectivity index (χ1) is 14.4. The van der Waals surface area contributed by atoms with Crippen molar-refractivity contribution in [3.8, 4) is 0 Å². The summed E-state index contributed by atoms with van der Waals surface area (Å²) in [7, 11) is 2.16. The molecule has 2 rings (SSSR count). The summed E-state index contributed by atoms with van der Waals surface area (Å²) in [6.45, 7) is 5.80. The lowest BCUT2D eigenvalue weighted by molar-refractivity contribution is -0.384. The van der Waals surface area contributed by atoms with Crippen molar-refractivity contribution in [2.45, 2.75) is 13.8 Å². The van der Waals surface area contributed by atoms with Gasteiger partial charge in [0.15, 0.2) is 11.3 Å². The largest absolute Gasteiger partial charge is 0.465 e. The number of anilines is 1. The van der Waals surface area contributed by atoms with Gasteiger partial charge in [-0.2, -0.15) is 5.11 Å². The van der Waals surface area contributed by atoms with E-state index < -0.39 is 28.1 Å². The van der Waals surface area contributed by atoms with Gasteiger partial charge >= 0.3 is 17.6 Å². The standard InChI is InChI=1S/C20H22N4O6/c1-5-23(6-2)14-9-7-13(8-10-14)21-22-16-12-11-15(19(25)29-3)17(20(26)30-4)18(16)24(27)28/h7-12H,5-6H2,1-4H3. The zero-order valence-electron chi connectivity index (χ0n) is 17.1. The van der Waals surface area contributed by atoms with Crippen LogP contribution in [0.25, 0.3) is 0 Å². The maximum Gasteiger partial charge on any atom is 0.345 e. The summed E-state index contributed by atoms with van der Waals surface area (Å²) in [6, 6.07) is 9.64. The Kier molecular flexibility index (Phi) is 7.56. The van der Waals surface area contributed by atoms with Crippen LogP contribution in [0.2, 0.25) is 0 Å². The first-order valence-electron chi connectivity index (χ1n) is 9.12. The molecule has 0 heterocycles. The fourth-order valence-electron chi connectivity index (χ4n) is 2.86. The van der Waals surface area contributed by atoms with Gasteiger partial charge in [-0.1, -0.05) is 0 Å². The first kappa shape index (κ1) is 22.5. The number of rotatable bonds is 8. The molecule has 158 valence electrons. The molecule has 0 saturated carbocycles. The number of nitro benzene ring substituents is 1. The molecule has 0 radical (unpaired) electrons. The molecule has 0 atom stereocenters. The molecule has 0 unspecified atom stereocenters. The van der Waals surface area contributed by atoms with Gasteiger partial charge < -0.3 is 14.4 Å². The Balaban J connectivity index is 2.50. The molecule has 10 nitrogen and oxygen atoms in total. The smallest absolute Gasteiger partial charge is 0.345 e. The van der Waals surface area contributed by atoms with Gasteiger partial charge in [0, 0.05) is 18.8 Å². The van der Waals surface area contributed by atoms with Gasteiger partial charge in [0.1, 0.15) is 0 Å². The second kappa shape index (κ2) is 10.1. The zero-order chi connectivity index (χ0) is 22.3. The number of methoxy groups -OCH3 is 2. The number of esters is 2. The van der Waals surface area contributed by atoms with Crippen LogP contribution >= 0.6 is 0 Å². The maximum absolute atomic E-state index is 12.2. The van der Waals surface area contributed by atoms with Crippen molar-refractivity contribution < 1.29 is 24.0 Å². The number of hydrogen-bond donors (Lipinski definition) is 0. The van der Waals surface area contributed by atoms with Crippen molar-refractivity contribution in [3.05, 3.63) is 57.6 Å². The fourth-order valence-corrected chi connectivity index (χ4v) is 2.86. The van der Waals surface area contributed by atoms with Crippen molar-refractivity contribution in [2.75, 3.05) is 32.2 Å². The molecule has 30 heavy (non-hydrogen) atoms. The summed E-state index contributed by atoms with van der Waals surface area (Å²) in [5, 5.41) is 19.6. The minimum absolute atomic E-state index is 0.194. The van der Waals surface area contributed by atoms with E-state index in [1.165, 1.54) is 12.1 Å². The summed E-state index contributed by atoms with van der Waals surface area (Å²) in [4.78, 5) is 37.1. The van der Waals surface area contributed by atoms with Gasteiger partial charge in [-0.3, -0.25) is 10.1 Å². The van der Waals surface area contributed by atoms with Gasteiger partial charge in [0.05, 0.1) is 30.4 Å². The number of carbonyl (C=O) groups excluding carboxylic acids is 2. The van der Waals surface area contributed by atoms with E-state index in [1.807, 2.05) is 26.0 Å². The monoisotopic (exact) mass is 414 g/mol. The summed E-state index contributed by atoms with van der Waals surface area (Å²) in [5.41, 5.74) is -0.229. The van der Waals surface area contributed by atoms with E-state index in [0.717, 1.165) is 33.0 Å². The molecule has 0 aromatic heterocycles. The summed E-state index contributed by atoms with van der Waals surface area (Å²) in [5.74, 6) is -1.96. The average molecular weight is 414 g/mol. The van der Waals surface area contributed by atoms with Gasteiger partial charge in [0.2, 0.25) is 0 Å². The first-order valence-corrected chi connectivity index (χ1v) is 9.12. The Bertz CT molecular complexity index is 968. The number of hydrogen-bond acceptors (Lipinski definition) is 9. The highest BCUT2D eigenvalue weighted by atomic mass is 16.6. The van der Waals surface area contributed by atoms with Crippen molar-refractivity contribution in [2.24, 2.45) is 10.2 Å². The number of azo groups is 1. The van der Waals surface area contributed by atoms with E-state index in [9.17, 15) is 19.7 Å². The van der Waals surface area contributed by atoms with Gasteiger partial charge in [-0.25, -0.2) is 9.59 Å². The van der Waals surface area contributed by atoms with Crippen LogP contribution in [0.3, 0.4) is 0 Å². The molecule has 0 fully saturated rings. The average Bonchev–Trinajstić information content (AvgIpc) is 2.77. The van der Waals surface area contributed by atoms with E-state index in [-0.39, 0.29) is 11.3 Å². The highest BCUT2D eigenvalue weighted by Crippen LogP contribution is 2.35. The summed E-state index contributed by atoms with van der Waals surface area (Å²) >= 11 is 0. The van der Waals surface area contributed by atoms with Gasteiger partial charge in [0.25, 0.3) is 0 Å². The molecule has 0 saturated heterocycles. The van der Waals surface area contributed by atoms with E-state index >= 15 is 0 Å². The Labute approximate surface area is 173 Å². The topological polar surface area (TPSA) is 124 Å². The number of nitro groups is 1. The predicted molar refractivity (Wildman–Crippen MR) is 110 cm³/mol. The zero-order valence-corrected chi connectivity index (χ0v) is 17.1. The normalized spacial score (nSPS) is 10.7. The van der Waals surface area contributed by atoms with Crippen LogP contribution in [-0.2, 0) is 9.47 Å². The summed E-state index contributed by atoms with van der Waals surface area (Å²) < 4.78 is 9.21. The van der Waals surface area contributed by atoms with Crippen molar-refractivity contribution in [1.82, 2.24) is 0 Å². The number of benzene rings is 2. The summed E-state index contributed by atoms with van der Waals surface area (Å²) in [6.07, 6.45) is 0.